The number of ether oxygens (including phenoxy) is 2. The Bertz CT molecular complexity index is 997. The Balaban J connectivity index is 1.56. The van der Waals surface area contributed by atoms with Crippen LogP contribution in [0.4, 0.5) is 11.4 Å². The van der Waals surface area contributed by atoms with Gasteiger partial charge in [0.15, 0.2) is 6.61 Å². The van der Waals surface area contributed by atoms with Gasteiger partial charge in [-0.1, -0.05) is 17.7 Å². The van der Waals surface area contributed by atoms with Gasteiger partial charge < -0.3 is 19.7 Å². The monoisotopic (exact) mass is 494 g/mol. The van der Waals surface area contributed by atoms with Crippen LogP contribution >= 0.6 is 27.5 Å². The van der Waals surface area contributed by atoms with E-state index in [1.54, 1.807) is 50.4 Å². The van der Waals surface area contributed by atoms with Crippen LogP contribution in [0.25, 0.3) is 0 Å². The second kappa shape index (κ2) is 9.49. The molecule has 0 spiro atoms. The van der Waals surface area contributed by atoms with Gasteiger partial charge in [-0.25, -0.2) is 0 Å². The molecule has 0 aromatic heterocycles. The molecule has 7 nitrogen and oxygen atoms in total. The molecule has 2 amide bonds. The summed E-state index contributed by atoms with van der Waals surface area (Å²) in [4.78, 5) is 38.4. The summed E-state index contributed by atoms with van der Waals surface area (Å²) < 4.78 is 11.0. The molecular weight excluding hydrogens is 476 g/mol. The largest absolute Gasteiger partial charge is 0.497 e. The van der Waals surface area contributed by atoms with E-state index in [2.05, 4.69) is 21.2 Å². The Kier molecular flexibility index (Phi) is 6.99. The minimum Gasteiger partial charge on any atom is -0.497 e. The van der Waals surface area contributed by atoms with Crippen molar-refractivity contribution in [2.45, 2.75) is 13.3 Å². The normalized spacial score (nSPS) is 15.8. The van der Waals surface area contributed by atoms with E-state index in [1.165, 1.54) is 4.90 Å². The van der Waals surface area contributed by atoms with E-state index in [9.17, 15) is 14.4 Å². The summed E-state index contributed by atoms with van der Waals surface area (Å²) in [6.45, 7) is 1.51. The molecule has 1 heterocycles. The third kappa shape index (κ3) is 4.94. The van der Waals surface area contributed by atoms with E-state index < -0.39 is 24.4 Å². The molecule has 1 saturated heterocycles. The van der Waals surface area contributed by atoms with Crippen molar-refractivity contribution in [3.05, 3.63) is 51.5 Å². The lowest BCUT2D eigenvalue weighted by atomic mass is 10.1. The number of anilines is 2. The number of nitrogens with one attached hydrogen (secondary N) is 1. The fourth-order valence-corrected chi connectivity index (χ4v) is 3.72. The van der Waals surface area contributed by atoms with Crippen LogP contribution in [0, 0.1) is 12.8 Å². The van der Waals surface area contributed by atoms with E-state index in [4.69, 9.17) is 21.1 Å². The van der Waals surface area contributed by atoms with Crippen LogP contribution in [-0.4, -0.2) is 38.0 Å². The molecule has 1 atom stereocenters. The van der Waals surface area contributed by atoms with Gasteiger partial charge in [-0.2, -0.15) is 0 Å². The molecule has 9 heteroatoms. The minimum absolute atomic E-state index is 0.0269. The van der Waals surface area contributed by atoms with Gasteiger partial charge in [-0.15, -0.1) is 0 Å². The first-order valence-corrected chi connectivity index (χ1v) is 10.3. The van der Waals surface area contributed by atoms with Crippen molar-refractivity contribution in [2.24, 2.45) is 5.92 Å². The fourth-order valence-electron chi connectivity index (χ4n) is 3.12. The molecule has 0 radical (unpaired) electrons. The maximum Gasteiger partial charge on any atom is 0.311 e. The highest BCUT2D eigenvalue weighted by Gasteiger charge is 2.36. The quantitative estimate of drug-likeness (QED) is 0.613. The zero-order valence-electron chi connectivity index (χ0n) is 16.4. The number of rotatable bonds is 6. The smallest absolute Gasteiger partial charge is 0.311 e. The summed E-state index contributed by atoms with van der Waals surface area (Å²) in [6, 6.07) is 10.5. The number of carbonyl (C=O) groups excluding carboxylic acids is 3. The average molecular weight is 496 g/mol. The number of hydrogen-bond acceptors (Lipinski definition) is 5. The Labute approximate surface area is 187 Å². The van der Waals surface area contributed by atoms with Crippen molar-refractivity contribution >= 4 is 56.7 Å². The zero-order chi connectivity index (χ0) is 21.8. The molecule has 1 N–H and O–H groups in total. The molecular formula is C21H20BrClN2O5. The Morgan fingerprint density at radius 1 is 1.30 bits per heavy atom. The van der Waals surface area contributed by atoms with E-state index >= 15 is 0 Å². The first-order chi connectivity index (χ1) is 14.3. The van der Waals surface area contributed by atoms with Crippen LogP contribution < -0.4 is 15.0 Å². The number of methoxy groups -OCH3 is 1. The topological polar surface area (TPSA) is 84.9 Å². The van der Waals surface area contributed by atoms with Crippen LogP contribution in [0.1, 0.15) is 12.0 Å². The minimum atomic E-state index is -0.639. The lowest BCUT2D eigenvalue weighted by Crippen LogP contribution is -2.28. The summed E-state index contributed by atoms with van der Waals surface area (Å²) in [5.41, 5.74) is 1.88. The van der Waals surface area contributed by atoms with Crippen LogP contribution in [0.3, 0.4) is 0 Å². The number of nitrogens with zero attached hydrogens (tertiary/aromatic N) is 1. The average Bonchev–Trinajstić information content (AvgIpc) is 3.14. The number of hydrogen-bond donors (Lipinski definition) is 1. The molecule has 1 aliphatic heterocycles. The lowest BCUT2D eigenvalue weighted by molar-refractivity contribution is -0.151. The summed E-state index contributed by atoms with van der Waals surface area (Å²) in [7, 11) is 1.54. The van der Waals surface area contributed by atoms with Gasteiger partial charge >= 0.3 is 5.97 Å². The second-order valence-corrected chi connectivity index (χ2v) is 8.03. The molecule has 30 heavy (non-hydrogen) atoms. The zero-order valence-corrected chi connectivity index (χ0v) is 18.7. The fraction of sp³-hybridized carbons (Fsp3) is 0.286. The number of esters is 1. The highest BCUT2D eigenvalue weighted by molar-refractivity contribution is 9.10. The van der Waals surface area contributed by atoms with E-state index in [0.29, 0.717) is 27.7 Å². The van der Waals surface area contributed by atoms with Crippen LogP contribution in [0.15, 0.2) is 40.9 Å². The second-order valence-electron chi connectivity index (χ2n) is 6.80. The molecule has 0 bridgehead atoms. The van der Waals surface area contributed by atoms with E-state index in [-0.39, 0.29) is 18.9 Å². The molecule has 0 saturated carbocycles. The third-order valence-electron chi connectivity index (χ3n) is 4.78. The van der Waals surface area contributed by atoms with Gasteiger partial charge in [-0.3, -0.25) is 14.4 Å². The van der Waals surface area contributed by atoms with Crippen LogP contribution in [0.2, 0.25) is 5.02 Å². The van der Waals surface area contributed by atoms with Gasteiger partial charge in [0.05, 0.1) is 18.1 Å². The van der Waals surface area contributed by atoms with Crippen molar-refractivity contribution in [1.29, 1.82) is 0 Å². The molecule has 158 valence electrons. The highest BCUT2D eigenvalue weighted by Crippen LogP contribution is 2.31. The maximum atomic E-state index is 12.4. The van der Waals surface area contributed by atoms with Crippen molar-refractivity contribution in [3.8, 4) is 5.75 Å². The van der Waals surface area contributed by atoms with E-state index in [0.717, 1.165) is 4.47 Å². The van der Waals surface area contributed by atoms with Crippen LogP contribution in [0.5, 0.6) is 5.75 Å². The number of carbonyl (C=O) groups is 3. The van der Waals surface area contributed by atoms with Crippen molar-refractivity contribution < 1.29 is 23.9 Å². The van der Waals surface area contributed by atoms with Crippen molar-refractivity contribution in [1.82, 2.24) is 0 Å². The van der Waals surface area contributed by atoms with Gasteiger partial charge in [0, 0.05) is 34.9 Å². The summed E-state index contributed by atoms with van der Waals surface area (Å²) in [6.07, 6.45) is 0.0269. The van der Waals surface area contributed by atoms with Crippen LogP contribution in [-0.2, 0) is 19.1 Å². The first kappa shape index (κ1) is 22.1. The van der Waals surface area contributed by atoms with Gasteiger partial charge in [0.2, 0.25) is 5.91 Å². The van der Waals surface area contributed by atoms with Gasteiger partial charge in [0.25, 0.3) is 5.91 Å². The summed E-state index contributed by atoms with van der Waals surface area (Å²) in [5, 5.41) is 3.16. The number of halogens is 2. The lowest BCUT2D eigenvalue weighted by Gasteiger charge is -2.17. The summed E-state index contributed by atoms with van der Waals surface area (Å²) in [5.74, 6) is -1.28. The predicted octanol–water partition coefficient (Wildman–Crippen LogP) is 3.95. The van der Waals surface area contributed by atoms with Crippen molar-refractivity contribution in [3.63, 3.8) is 0 Å². The molecule has 1 fully saturated rings. The summed E-state index contributed by atoms with van der Waals surface area (Å²) >= 11 is 9.46. The Hall–Kier alpha value is -2.58. The standard InChI is InChI=1S/C21H20BrClN2O5/c1-12-17(7-6-16(22)20(12)23)24-18(26)11-30-21(28)13-8-19(27)25(10-13)14-4-3-5-15(9-14)29-2/h3-7,9,13H,8,10-11H2,1-2H3,(H,24,26)/t13-/m0/s1. The Morgan fingerprint density at radius 3 is 2.80 bits per heavy atom. The highest BCUT2D eigenvalue weighted by atomic mass is 79.9. The third-order valence-corrected chi connectivity index (χ3v) is 6.16. The molecule has 2 aromatic carbocycles. The molecule has 0 unspecified atom stereocenters. The molecule has 1 aliphatic rings. The predicted molar refractivity (Wildman–Crippen MR) is 117 cm³/mol. The molecule has 0 aliphatic carbocycles. The molecule has 2 aromatic rings. The van der Waals surface area contributed by atoms with E-state index in [1.807, 2.05) is 0 Å². The first-order valence-electron chi connectivity index (χ1n) is 9.15. The van der Waals surface area contributed by atoms with Crippen molar-refractivity contribution in [2.75, 3.05) is 30.5 Å². The number of amides is 2. The van der Waals surface area contributed by atoms with Gasteiger partial charge in [-0.05, 0) is 52.7 Å². The SMILES string of the molecule is COc1cccc(N2C[C@@H](C(=O)OCC(=O)Nc3ccc(Br)c(Cl)c3C)CC2=O)c1. The Morgan fingerprint density at radius 2 is 2.07 bits per heavy atom. The molecule has 3 rings (SSSR count). The van der Waals surface area contributed by atoms with Gasteiger partial charge in [0.1, 0.15) is 5.75 Å². The number of benzene rings is 2. The maximum absolute atomic E-state index is 12.4.